The third-order valence-electron chi connectivity index (χ3n) is 6.75. The average molecular weight is 577 g/mol. The van der Waals surface area contributed by atoms with Crippen LogP contribution < -0.4 is 4.90 Å². The molecule has 4 rings (SSSR count). The molecule has 1 fully saturated rings. The number of carboxylic acid groups (broad SMARTS) is 1. The van der Waals surface area contributed by atoms with E-state index in [1.54, 1.807) is 4.68 Å². The number of benzene rings is 1. The van der Waals surface area contributed by atoms with E-state index >= 15 is 0 Å². The first-order valence-electron chi connectivity index (χ1n) is 12.2. The fourth-order valence-corrected chi connectivity index (χ4v) is 5.66. The first kappa shape index (κ1) is 26.5. The van der Waals surface area contributed by atoms with Gasteiger partial charge in [-0.15, -0.1) is 15.3 Å². The molecule has 1 aliphatic heterocycles. The van der Waals surface area contributed by atoms with E-state index in [-0.39, 0.29) is 12.1 Å². The number of halogens is 1. The van der Waals surface area contributed by atoms with Gasteiger partial charge in [-0.2, -0.15) is 0 Å². The first-order chi connectivity index (χ1) is 17.0. The number of carbonyl (C=O) groups is 1. The van der Waals surface area contributed by atoms with E-state index in [2.05, 4.69) is 61.0 Å². The van der Waals surface area contributed by atoms with Crippen LogP contribution in [-0.2, 0) is 11.5 Å². The maximum Gasteiger partial charge on any atom is 0.407 e. The van der Waals surface area contributed by atoms with E-state index in [0.717, 1.165) is 51.5 Å². The number of anilines is 1. The summed E-state index contributed by atoms with van der Waals surface area (Å²) >= 11 is 3.58. The van der Waals surface area contributed by atoms with Crippen LogP contribution in [-0.4, -0.2) is 81.6 Å². The highest BCUT2D eigenvalue weighted by molar-refractivity contribution is 9.10. The van der Waals surface area contributed by atoms with E-state index in [4.69, 9.17) is 4.74 Å². The lowest BCUT2D eigenvalue weighted by Gasteiger charge is -2.40. The minimum Gasteiger partial charge on any atom is -0.465 e. The second kappa shape index (κ2) is 10.8. The Morgan fingerprint density at radius 3 is 2.64 bits per heavy atom. The van der Waals surface area contributed by atoms with Gasteiger partial charge in [0.2, 0.25) is 0 Å². The summed E-state index contributed by atoms with van der Waals surface area (Å²) in [6, 6.07) is 9.11. The van der Waals surface area contributed by atoms with E-state index in [1.807, 2.05) is 38.2 Å². The highest BCUT2D eigenvalue weighted by atomic mass is 79.9. The second-order valence-electron chi connectivity index (χ2n) is 10.6. The molecule has 2 atom stereocenters. The Morgan fingerprint density at radius 2 is 2.00 bits per heavy atom. The van der Waals surface area contributed by atoms with Gasteiger partial charge in [0.25, 0.3) is 0 Å². The molecule has 10 nitrogen and oxygen atoms in total. The zero-order chi connectivity index (χ0) is 26.0. The molecule has 1 N–H and O–H groups in total. The van der Waals surface area contributed by atoms with Crippen LogP contribution in [0.5, 0.6) is 0 Å². The Labute approximate surface area is 220 Å². The summed E-state index contributed by atoms with van der Waals surface area (Å²) in [5.74, 6) is 0.759. The maximum atomic E-state index is 11.4. The topological polar surface area (TPSA) is 110 Å². The normalized spacial score (nSPS) is 18.6. The monoisotopic (exact) mass is 575 g/mol. The van der Waals surface area contributed by atoms with Gasteiger partial charge in [0.05, 0.1) is 5.69 Å². The maximum absolute atomic E-state index is 11.4. The molecule has 1 amide bonds. The molecule has 0 saturated carbocycles. The van der Waals surface area contributed by atoms with Crippen LogP contribution in [0, 0.1) is 0 Å². The van der Waals surface area contributed by atoms with Crippen LogP contribution in [0.2, 0.25) is 25.7 Å². The number of rotatable bonds is 8. The Kier molecular flexibility index (Phi) is 7.96. The van der Waals surface area contributed by atoms with Crippen molar-refractivity contribution in [3.05, 3.63) is 28.7 Å². The summed E-state index contributed by atoms with van der Waals surface area (Å²) in [7, 11) is 0.818. The predicted molar refractivity (Wildman–Crippen MR) is 146 cm³/mol. The zero-order valence-corrected chi connectivity index (χ0v) is 24.1. The molecule has 3 heterocycles. The van der Waals surface area contributed by atoms with Crippen LogP contribution in [0.1, 0.15) is 19.8 Å². The van der Waals surface area contributed by atoms with Gasteiger partial charge < -0.3 is 19.6 Å². The molecule has 2 aromatic heterocycles. The van der Waals surface area contributed by atoms with Gasteiger partial charge in [0, 0.05) is 50.4 Å². The molecule has 1 aliphatic rings. The van der Waals surface area contributed by atoms with Gasteiger partial charge in [-0.25, -0.2) is 9.48 Å². The molecule has 0 bridgehead atoms. The molecule has 0 aliphatic carbocycles. The summed E-state index contributed by atoms with van der Waals surface area (Å²) in [4.78, 5) is 15.0. The lowest BCUT2D eigenvalue weighted by molar-refractivity contribution is 0.0803. The Balaban J connectivity index is 1.52. The average Bonchev–Trinajstić information content (AvgIpc) is 3.26. The van der Waals surface area contributed by atoms with E-state index < -0.39 is 14.2 Å². The van der Waals surface area contributed by atoms with Crippen molar-refractivity contribution in [2.24, 2.45) is 0 Å². The molecular weight excluding hydrogens is 542 g/mol. The van der Waals surface area contributed by atoms with Crippen LogP contribution in [0.15, 0.2) is 28.7 Å². The fourth-order valence-electron chi connectivity index (χ4n) is 4.51. The Hall–Kier alpha value is -2.57. The molecule has 0 unspecified atom stereocenters. The van der Waals surface area contributed by atoms with Gasteiger partial charge >= 0.3 is 6.09 Å². The molecule has 194 valence electrons. The predicted octanol–water partition coefficient (Wildman–Crippen LogP) is 4.93. The smallest absolute Gasteiger partial charge is 0.407 e. The van der Waals surface area contributed by atoms with E-state index in [1.165, 1.54) is 4.90 Å². The van der Waals surface area contributed by atoms with Crippen molar-refractivity contribution in [3.63, 3.8) is 0 Å². The second-order valence-corrected chi connectivity index (χ2v) is 17.1. The van der Waals surface area contributed by atoms with Gasteiger partial charge in [-0.1, -0.05) is 24.9 Å². The lowest BCUT2D eigenvalue weighted by Crippen LogP contribution is -2.50. The Morgan fingerprint density at radius 1 is 1.22 bits per heavy atom. The number of fused-ring (bicyclic) bond motifs is 1. The van der Waals surface area contributed by atoms with Crippen LogP contribution in [0.3, 0.4) is 0 Å². The molecule has 1 aromatic carbocycles. The van der Waals surface area contributed by atoms with Gasteiger partial charge in [-0.3, -0.25) is 0 Å². The van der Waals surface area contributed by atoms with Crippen LogP contribution in [0.4, 0.5) is 10.6 Å². The van der Waals surface area contributed by atoms with Gasteiger partial charge in [0.15, 0.2) is 5.82 Å². The molecule has 12 heteroatoms. The van der Waals surface area contributed by atoms with Gasteiger partial charge in [-0.05, 0) is 66.0 Å². The molecule has 36 heavy (non-hydrogen) atoms. The molecular formula is C24H34BrN7O3Si. The third kappa shape index (κ3) is 5.87. The summed E-state index contributed by atoms with van der Waals surface area (Å²) in [6.07, 6.45) is 0.651. The van der Waals surface area contributed by atoms with Crippen molar-refractivity contribution in [2.45, 2.75) is 64.3 Å². The zero-order valence-electron chi connectivity index (χ0n) is 21.5. The lowest BCUT2D eigenvalue weighted by atomic mass is 9.97. The van der Waals surface area contributed by atoms with Crippen molar-refractivity contribution in [1.29, 1.82) is 0 Å². The largest absolute Gasteiger partial charge is 0.465 e. The minimum atomic E-state index is -1.17. The summed E-state index contributed by atoms with van der Waals surface area (Å²) in [6.45, 7) is 10.5. The van der Waals surface area contributed by atoms with Crippen molar-refractivity contribution in [3.8, 4) is 11.3 Å². The number of hydrogen-bond acceptors (Lipinski definition) is 7. The minimum absolute atomic E-state index is 0.0345. The first-order valence-corrected chi connectivity index (χ1v) is 16.7. The van der Waals surface area contributed by atoms with Crippen molar-refractivity contribution in [1.82, 2.24) is 30.1 Å². The van der Waals surface area contributed by atoms with Crippen molar-refractivity contribution >= 4 is 46.9 Å². The number of piperidine rings is 1. The number of likely N-dealkylation sites (tertiary alicyclic amines) is 1. The molecule has 0 radical (unpaired) electrons. The van der Waals surface area contributed by atoms with Gasteiger partial charge in [0.1, 0.15) is 17.8 Å². The number of hydrogen-bond donors (Lipinski definition) is 1. The summed E-state index contributed by atoms with van der Waals surface area (Å²) in [5, 5.41) is 27.1. The number of ether oxygens (including phenoxy) is 1. The highest BCUT2D eigenvalue weighted by Crippen LogP contribution is 2.32. The highest BCUT2D eigenvalue weighted by Gasteiger charge is 2.31. The van der Waals surface area contributed by atoms with E-state index in [0.29, 0.717) is 19.9 Å². The summed E-state index contributed by atoms with van der Waals surface area (Å²) < 4.78 is 8.58. The van der Waals surface area contributed by atoms with Crippen LogP contribution >= 0.6 is 15.9 Å². The summed E-state index contributed by atoms with van der Waals surface area (Å²) in [5.41, 5.74) is 3.22. The number of nitrogens with zero attached hydrogens (tertiary/aromatic N) is 7. The van der Waals surface area contributed by atoms with Crippen molar-refractivity contribution < 1.29 is 14.6 Å². The van der Waals surface area contributed by atoms with Crippen molar-refractivity contribution in [2.75, 3.05) is 25.1 Å². The number of aromatic nitrogens is 5. The molecule has 1 saturated heterocycles. The molecule has 3 aromatic rings. The number of amides is 1. The third-order valence-corrected chi connectivity index (χ3v) is 9.10. The van der Waals surface area contributed by atoms with Crippen LogP contribution in [0.25, 0.3) is 22.3 Å². The fraction of sp³-hybridized carbons (Fsp3) is 0.542. The molecule has 0 spiro atoms. The Bertz CT molecular complexity index is 1210. The van der Waals surface area contributed by atoms with E-state index in [9.17, 15) is 9.90 Å². The SMILES string of the molecule is C[C@@H]1C[C@H](N(C)c2ccc(-c3ccc(Br)c4nnn(COCC[Si](C)(C)C)c34)nn2)CCN1C(=O)O. The standard InChI is InChI=1S/C24H34BrN7O3Si/c1-16-14-17(10-11-31(16)24(33)34)30(2)21-9-8-20(26-27-21)18-6-7-19(25)22-23(18)32(29-28-22)15-35-12-13-36(3,4)5/h6-9,16-17H,10-15H2,1-5H3,(H,33,34)/t16-,17-/m1/s1. The quantitative estimate of drug-likeness (QED) is 0.297.